The van der Waals surface area contributed by atoms with Crippen LogP contribution in [0.4, 0.5) is 0 Å². The summed E-state index contributed by atoms with van der Waals surface area (Å²) in [6, 6.07) is 3.31. The molecular formula is C9H13NO3S2. The van der Waals surface area contributed by atoms with E-state index >= 15 is 0 Å². The molecule has 1 rings (SSSR count). The Hall–Kier alpha value is -0.560. The van der Waals surface area contributed by atoms with Crippen molar-refractivity contribution in [3.05, 3.63) is 17.5 Å². The third-order valence-electron chi connectivity index (χ3n) is 1.65. The lowest BCUT2D eigenvalue weighted by Gasteiger charge is -2.12. The molecule has 0 bridgehead atoms. The highest BCUT2D eigenvalue weighted by Crippen LogP contribution is 2.22. The van der Waals surface area contributed by atoms with Gasteiger partial charge in [-0.2, -0.15) is 0 Å². The fraction of sp³-hybridized carbons (Fsp3) is 0.444. The minimum Gasteiger partial charge on any atom is -0.394 e. The number of carbonyl (C=O) groups excluding carboxylic acids is 1. The van der Waals surface area contributed by atoms with Gasteiger partial charge in [0.25, 0.3) is 0 Å². The van der Waals surface area contributed by atoms with Gasteiger partial charge < -0.3 is 15.5 Å². The van der Waals surface area contributed by atoms with E-state index < -0.39 is 6.04 Å². The van der Waals surface area contributed by atoms with Crippen LogP contribution in [0.1, 0.15) is 0 Å². The number of rotatable bonds is 6. The lowest BCUT2D eigenvalue weighted by atomic mass is 10.3. The van der Waals surface area contributed by atoms with Crippen molar-refractivity contribution in [2.45, 2.75) is 10.3 Å². The number of aliphatic hydroxyl groups is 2. The van der Waals surface area contributed by atoms with Crippen molar-refractivity contribution in [3.8, 4) is 0 Å². The molecule has 84 valence electrons. The number of nitrogens with one attached hydrogen (secondary N) is 1. The quantitative estimate of drug-likeness (QED) is 0.633. The van der Waals surface area contributed by atoms with E-state index in [4.69, 9.17) is 10.2 Å². The molecule has 0 saturated heterocycles. The summed E-state index contributed by atoms with van der Waals surface area (Å²) in [5.41, 5.74) is 0. The first kappa shape index (κ1) is 12.5. The number of carbonyl (C=O) groups is 1. The molecule has 1 amide bonds. The van der Waals surface area contributed by atoms with Crippen LogP contribution in [0.15, 0.2) is 21.7 Å². The van der Waals surface area contributed by atoms with Crippen LogP contribution in [0.2, 0.25) is 0 Å². The molecule has 15 heavy (non-hydrogen) atoms. The highest BCUT2D eigenvalue weighted by atomic mass is 32.2. The Labute approximate surface area is 96.3 Å². The molecule has 0 radical (unpaired) electrons. The summed E-state index contributed by atoms with van der Waals surface area (Å²) in [4.78, 5) is 11.3. The van der Waals surface area contributed by atoms with Gasteiger partial charge in [-0.3, -0.25) is 4.79 Å². The summed E-state index contributed by atoms with van der Waals surface area (Å²) in [5, 5.41) is 22.0. The Morgan fingerprint density at radius 3 is 2.80 bits per heavy atom. The maximum Gasteiger partial charge on any atom is 0.230 e. The van der Waals surface area contributed by atoms with E-state index in [0.717, 1.165) is 4.21 Å². The third kappa shape index (κ3) is 4.65. The van der Waals surface area contributed by atoms with Gasteiger partial charge in [0.1, 0.15) is 0 Å². The molecule has 0 fully saturated rings. The Kier molecular flexibility index (Phi) is 5.70. The molecular weight excluding hydrogens is 234 g/mol. The van der Waals surface area contributed by atoms with Gasteiger partial charge in [0.05, 0.1) is 29.2 Å². The molecule has 1 aromatic heterocycles. The van der Waals surface area contributed by atoms with Crippen molar-refractivity contribution >= 4 is 29.0 Å². The highest BCUT2D eigenvalue weighted by Gasteiger charge is 2.10. The molecule has 0 aliphatic heterocycles. The van der Waals surface area contributed by atoms with Crippen LogP contribution in [-0.4, -0.2) is 41.1 Å². The van der Waals surface area contributed by atoms with Crippen LogP contribution in [0.3, 0.4) is 0 Å². The van der Waals surface area contributed by atoms with E-state index in [2.05, 4.69) is 5.32 Å². The predicted molar refractivity (Wildman–Crippen MR) is 61.1 cm³/mol. The van der Waals surface area contributed by atoms with Crippen molar-refractivity contribution < 1.29 is 15.0 Å². The summed E-state index contributed by atoms with van der Waals surface area (Å²) in [5.74, 6) is 0.123. The van der Waals surface area contributed by atoms with Crippen LogP contribution >= 0.6 is 23.1 Å². The first-order valence-corrected chi connectivity index (χ1v) is 6.30. The largest absolute Gasteiger partial charge is 0.394 e. The van der Waals surface area contributed by atoms with E-state index in [0.29, 0.717) is 5.75 Å². The minimum atomic E-state index is -0.554. The highest BCUT2D eigenvalue weighted by molar-refractivity contribution is 8.01. The van der Waals surface area contributed by atoms with E-state index in [1.165, 1.54) is 11.8 Å². The zero-order chi connectivity index (χ0) is 11.1. The van der Waals surface area contributed by atoms with Gasteiger partial charge in [-0.25, -0.2) is 0 Å². The summed E-state index contributed by atoms with van der Waals surface area (Å²) in [7, 11) is 0. The van der Waals surface area contributed by atoms with Crippen molar-refractivity contribution in [2.24, 2.45) is 0 Å². The summed E-state index contributed by atoms with van der Waals surface area (Å²) in [6.45, 7) is -0.488. The van der Waals surface area contributed by atoms with Gasteiger partial charge in [-0.15, -0.1) is 23.1 Å². The number of amides is 1. The van der Waals surface area contributed by atoms with Crippen molar-refractivity contribution in [1.82, 2.24) is 5.32 Å². The number of thioether (sulfide) groups is 1. The fourth-order valence-corrected chi connectivity index (χ4v) is 2.50. The van der Waals surface area contributed by atoms with Gasteiger partial charge >= 0.3 is 0 Å². The van der Waals surface area contributed by atoms with Crippen molar-refractivity contribution in [2.75, 3.05) is 19.0 Å². The van der Waals surface area contributed by atoms with Crippen LogP contribution < -0.4 is 5.32 Å². The number of hydrogen-bond donors (Lipinski definition) is 3. The molecule has 0 aliphatic carbocycles. The molecule has 0 unspecified atom stereocenters. The smallest absolute Gasteiger partial charge is 0.230 e. The Morgan fingerprint density at radius 2 is 2.27 bits per heavy atom. The molecule has 4 nitrogen and oxygen atoms in total. The minimum absolute atomic E-state index is 0.179. The Bertz CT molecular complexity index is 286. The SMILES string of the molecule is O=C(CSc1cccs1)NC(CO)CO. The molecule has 3 N–H and O–H groups in total. The maximum atomic E-state index is 11.3. The number of aliphatic hydroxyl groups excluding tert-OH is 2. The molecule has 0 spiro atoms. The second kappa shape index (κ2) is 6.84. The Balaban J connectivity index is 2.24. The number of hydrogen-bond acceptors (Lipinski definition) is 5. The average molecular weight is 247 g/mol. The van der Waals surface area contributed by atoms with Crippen LogP contribution in [0, 0.1) is 0 Å². The molecule has 0 aliphatic rings. The van der Waals surface area contributed by atoms with Crippen LogP contribution in [0.25, 0.3) is 0 Å². The first-order valence-electron chi connectivity index (χ1n) is 4.43. The molecule has 1 aromatic rings. The van der Waals surface area contributed by atoms with Gasteiger partial charge in [-0.1, -0.05) is 6.07 Å². The van der Waals surface area contributed by atoms with Crippen LogP contribution in [-0.2, 0) is 4.79 Å². The average Bonchev–Trinajstić information content (AvgIpc) is 2.75. The van der Waals surface area contributed by atoms with Crippen molar-refractivity contribution in [1.29, 1.82) is 0 Å². The van der Waals surface area contributed by atoms with E-state index in [1.807, 2.05) is 17.5 Å². The van der Waals surface area contributed by atoms with E-state index in [-0.39, 0.29) is 19.1 Å². The second-order valence-electron chi connectivity index (χ2n) is 2.85. The fourth-order valence-electron chi connectivity index (χ4n) is 0.901. The van der Waals surface area contributed by atoms with Gasteiger partial charge in [-0.05, 0) is 11.4 Å². The van der Waals surface area contributed by atoms with Gasteiger partial charge in [0, 0.05) is 0 Å². The third-order valence-corrected chi connectivity index (χ3v) is 3.78. The maximum absolute atomic E-state index is 11.3. The predicted octanol–water partition coefficient (Wildman–Crippen LogP) is 0.310. The van der Waals surface area contributed by atoms with Crippen LogP contribution in [0.5, 0.6) is 0 Å². The van der Waals surface area contributed by atoms with E-state index in [1.54, 1.807) is 11.3 Å². The monoisotopic (exact) mass is 247 g/mol. The van der Waals surface area contributed by atoms with Gasteiger partial charge in [0.15, 0.2) is 0 Å². The van der Waals surface area contributed by atoms with E-state index in [9.17, 15) is 4.79 Å². The topological polar surface area (TPSA) is 69.6 Å². The molecule has 0 atom stereocenters. The Morgan fingerprint density at radius 1 is 1.53 bits per heavy atom. The van der Waals surface area contributed by atoms with Gasteiger partial charge in [0.2, 0.25) is 5.91 Å². The molecule has 0 aromatic carbocycles. The van der Waals surface area contributed by atoms with Crippen molar-refractivity contribution in [3.63, 3.8) is 0 Å². The lowest BCUT2D eigenvalue weighted by molar-refractivity contribution is -0.119. The standard InChI is InChI=1S/C9H13NO3S2/c11-4-7(5-12)10-8(13)6-15-9-2-1-3-14-9/h1-3,7,11-12H,4-6H2,(H,10,13). The zero-order valence-electron chi connectivity index (χ0n) is 8.05. The first-order chi connectivity index (χ1) is 7.26. The lowest BCUT2D eigenvalue weighted by Crippen LogP contribution is -2.40. The summed E-state index contributed by atoms with van der Waals surface area (Å²) in [6.07, 6.45) is 0. The molecule has 1 heterocycles. The number of thiophene rings is 1. The summed E-state index contributed by atoms with van der Waals surface area (Å²) >= 11 is 3.02. The normalized spacial score (nSPS) is 10.6. The zero-order valence-corrected chi connectivity index (χ0v) is 9.68. The molecule has 0 saturated carbocycles. The summed E-state index contributed by atoms with van der Waals surface area (Å²) < 4.78 is 1.08. The second-order valence-corrected chi connectivity index (χ2v) is 5.07. The molecule has 6 heteroatoms.